The molecule has 2 N–H and O–H groups in total. The van der Waals surface area contributed by atoms with E-state index < -0.39 is 33.2 Å². The number of rotatable bonds is 8. The molecule has 1 aliphatic rings. The summed E-state index contributed by atoms with van der Waals surface area (Å²) in [7, 11) is -3.83. The largest absolute Gasteiger partial charge is 0.444 e. The van der Waals surface area contributed by atoms with E-state index in [2.05, 4.69) is 22.2 Å². The van der Waals surface area contributed by atoms with Gasteiger partial charge in [0.25, 0.3) is 10.0 Å². The van der Waals surface area contributed by atoms with Crippen molar-refractivity contribution in [3.63, 3.8) is 0 Å². The van der Waals surface area contributed by atoms with Crippen LogP contribution in [0.2, 0.25) is 0 Å². The molecule has 0 saturated heterocycles. The van der Waals surface area contributed by atoms with Gasteiger partial charge in [0.2, 0.25) is 5.91 Å². The average molecular weight is 475 g/mol. The zero-order valence-corrected chi connectivity index (χ0v) is 20.1. The molecule has 2 atom stereocenters. The second-order valence-corrected chi connectivity index (χ2v) is 11.0. The maximum Gasteiger partial charge on any atom is 0.408 e. The first-order valence-corrected chi connectivity index (χ1v) is 12.1. The van der Waals surface area contributed by atoms with E-state index in [1.54, 1.807) is 39.0 Å². The van der Waals surface area contributed by atoms with Crippen molar-refractivity contribution >= 4 is 22.0 Å². The summed E-state index contributed by atoms with van der Waals surface area (Å²) in [5.41, 5.74) is -0.672. The first kappa shape index (κ1) is 24.5. The molecule has 33 heavy (non-hydrogen) atoms. The molecule has 10 heteroatoms. The molecule has 178 valence electrons. The molecule has 0 aliphatic heterocycles. The Morgan fingerprint density at radius 2 is 1.97 bits per heavy atom. The van der Waals surface area contributed by atoms with Gasteiger partial charge in [-0.15, -0.1) is 6.58 Å². The van der Waals surface area contributed by atoms with Crippen LogP contribution < -0.4 is 10.6 Å². The summed E-state index contributed by atoms with van der Waals surface area (Å²) in [5, 5.41) is 5.48. The number of alkyl carbamates (subject to hydrolysis) is 1. The Bertz CT molecular complexity index is 1150. The van der Waals surface area contributed by atoms with Crippen molar-refractivity contribution < 1.29 is 22.7 Å². The summed E-state index contributed by atoms with van der Waals surface area (Å²) >= 11 is 0. The highest BCUT2D eigenvalue weighted by atomic mass is 32.2. The zero-order valence-electron chi connectivity index (χ0n) is 19.3. The number of imidazole rings is 1. The quantitative estimate of drug-likeness (QED) is 0.449. The number of aromatic nitrogens is 2. The van der Waals surface area contributed by atoms with Gasteiger partial charge < -0.3 is 15.4 Å². The molecule has 1 aliphatic carbocycles. The molecule has 2 unspecified atom stereocenters. The number of nitrogens with zero attached hydrogens (tertiary/aromatic N) is 2. The summed E-state index contributed by atoms with van der Waals surface area (Å²) in [5.74, 6) is -0.876. The van der Waals surface area contributed by atoms with E-state index in [-0.39, 0.29) is 17.2 Å². The fraction of sp³-hybridized carbons (Fsp3) is 0.435. The predicted molar refractivity (Wildman–Crippen MR) is 123 cm³/mol. The Labute approximate surface area is 194 Å². The third-order valence-electron chi connectivity index (χ3n) is 5.26. The summed E-state index contributed by atoms with van der Waals surface area (Å²) in [6.45, 7) is 11.0. The van der Waals surface area contributed by atoms with Gasteiger partial charge in [0.15, 0.2) is 0 Å². The van der Waals surface area contributed by atoms with E-state index in [1.807, 2.05) is 6.92 Å². The maximum absolute atomic E-state index is 13.0. The number of carbonyl (C=O) groups excluding carboxylic acids is 2. The van der Waals surface area contributed by atoms with Crippen molar-refractivity contribution in [3.8, 4) is 0 Å². The Morgan fingerprint density at radius 3 is 2.58 bits per heavy atom. The second-order valence-electron chi connectivity index (χ2n) is 9.13. The van der Waals surface area contributed by atoms with E-state index in [4.69, 9.17) is 4.74 Å². The molecular formula is C23H30N4O5S. The Morgan fingerprint density at radius 1 is 1.30 bits per heavy atom. The monoisotopic (exact) mass is 474 g/mol. The van der Waals surface area contributed by atoms with Gasteiger partial charge in [-0.25, -0.2) is 22.2 Å². The number of nitrogens with one attached hydrogen (secondary N) is 2. The lowest BCUT2D eigenvalue weighted by Gasteiger charge is -2.23. The zero-order chi connectivity index (χ0) is 24.4. The Kier molecular flexibility index (Phi) is 6.69. The molecule has 0 bridgehead atoms. The molecule has 0 spiro atoms. The van der Waals surface area contributed by atoms with Crippen molar-refractivity contribution in [1.29, 1.82) is 0 Å². The van der Waals surface area contributed by atoms with Crippen molar-refractivity contribution in [2.45, 2.75) is 62.5 Å². The highest BCUT2D eigenvalue weighted by molar-refractivity contribution is 7.90. The lowest BCUT2D eigenvalue weighted by Crippen LogP contribution is -2.51. The van der Waals surface area contributed by atoms with E-state index in [0.717, 1.165) is 9.54 Å². The van der Waals surface area contributed by atoms with Gasteiger partial charge >= 0.3 is 6.09 Å². The number of hydrogen-bond acceptors (Lipinski definition) is 6. The molecule has 1 aromatic heterocycles. The van der Waals surface area contributed by atoms with Crippen LogP contribution in [0.15, 0.2) is 54.3 Å². The summed E-state index contributed by atoms with van der Waals surface area (Å²) < 4.78 is 32.3. The smallest absolute Gasteiger partial charge is 0.408 e. The third-order valence-corrected chi connectivity index (χ3v) is 6.88. The Balaban J connectivity index is 1.84. The first-order valence-electron chi connectivity index (χ1n) is 10.7. The molecule has 1 aromatic carbocycles. The van der Waals surface area contributed by atoms with Gasteiger partial charge in [-0.3, -0.25) is 4.79 Å². The van der Waals surface area contributed by atoms with Crippen LogP contribution in [0.1, 0.15) is 50.8 Å². The molecule has 2 aromatic rings. The van der Waals surface area contributed by atoms with Gasteiger partial charge in [0.1, 0.15) is 17.5 Å². The number of benzene rings is 1. The standard InChI is InChI=1S/C23H30N4O5S/c1-6-7-12-24-20(28)23(26-21(29)32-22(3,4)5)13-18(23)19-14-27(15-25-19)33(30,31)17-10-8-16(2)9-11-17/h6,8-11,14-15,18H,1,7,12-13H2,2-5H3,(H,24,28)(H,26,29). The number of hydrogen-bond donors (Lipinski definition) is 2. The fourth-order valence-corrected chi connectivity index (χ4v) is 4.60. The van der Waals surface area contributed by atoms with Crippen LogP contribution in [-0.4, -0.2) is 47.1 Å². The molecule has 3 rings (SSSR count). The van der Waals surface area contributed by atoms with Crippen LogP contribution in [0, 0.1) is 6.92 Å². The fourth-order valence-electron chi connectivity index (χ4n) is 3.46. The van der Waals surface area contributed by atoms with Crippen molar-refractivity contribution in [2.24, 2.45) is 0 Å². The van der Waals surface area contributed by atoms with Gasteiger partial charge in [0.05, 0.1) is 10.6 Å². The summed E-state index contributed by atoms with van der Waals surface area (Å²) in [6, 6.07) is 6.50. The SMILES string of the molecule is C=CCCNC(=O)C1(NC(=O)OC(C)(C)C)CC1c1cn(S(=O)(=O)c2ccc(C)cc2)cn1. The van der Waals surface area contributed by atoms with Crippen LogP contribution in [0.4, 0.5) is 4.79 Å². The lowest BCUT2D eigenvalue weighted by molar-refractivity contribution is -0.124. The van der Waals surface area contributed by atoms with E-state index >= 15 is 0 Å². The van der Waals surface area contributed by atoms with Crippen LogP contribution in [0.5, 0.6) is 0 Å². The number of carbonyl (C=O) groups is 2. The molecule has 1 fully saturated rings. The van der Waals surface area contributed by atoms with Gasteiger partial charge in [-0.1, -0.05) is 23.8 Å². The van der Waals surface area contributed by atoms with Crippen LogP contribution in [0.3, 0.4) is 0 Å². The van der Waals surface area contributed by atoms with Gasteiger partial charge in [-0.05, 0) is 52.7 Å². The van der Waals surface area contributed by atoms with Crippen LogP contribution in [-0.2, 0) is 19.6 Å². The molecule has 9 nitrogen and oxygen atoms in total. The molecule has 1 saturated carbocycles. The minimum absolute atomic E-state index is 0.133. The first-order chi connectivity index (χ1) is 15.4. The second kappa shape index (κ2) is 9.01. The lowest BCUT2D eigenvalue weighted by atomic mass is 10.1. The molecule has 0 radical (unpaired) electrons. The van der Waals surface area contributed by atoms with E-state index in [1.165, 1.54) is 24.7 Å². The summed E-state index contributed by atoms with van der Waals surface area (Å²) in [4.78, 5) is 29.8. The Hall–Kier alpha value is -3.14. The minimum Gasteiger partial charge on any atom is -0.444 e. The third kappa shape index (κ3) is 5.44. The topological polar surface area (TPSA) is 119 Å². The minimum atomic E-state index is -3.83. The van der Waals surface area contributed by atoms with Crippen LogP contribution >= 0.6 is 0 Å². The van der Waals surface area contributed by atoms with Gasteiger partial charge in [0, 0.05) is 18.7 Å². The van der Waals surface area contributed by atoms with Crippen LogP contribution in [0.25, 0.3) is 0 Å². The molecule has 2 amide bonds. The predicted octanol–water partition coefficient (Wildman–Crippen LogP) is 2.87. The van der Waals surface area contributed by atoms with E-state index in [9.17, 15) is 18.0 Å². The number of ether oxygens (including phenoxy) is 1. The van der Waals surface area contributed by atoms with E-state index in [0.29, 0.717) is 18.7 Å². The number of amides is 2. The molecule has 1 heterocycles. The average Bonchev–Trinajstić information content (AvgIpc) is 3.21. The highest BCUT2D eigenvalue weighted by Gasteiger charge is 2.63. The maximum atomic E-state index is 13.0. The summed E-state index contributed by atoms with van der Waals surface area (Å²) in [6.07, 6.45) is 4.38. The van der Waals surface area contributed by atoms with Crippen molar-refractivity contribution in [3.05, 3.63) is 60.7 Å². The normalized spacial score (nSPS) is 20.1. The van der Waals surface area contributed by atoms with Crippen molar-refractivity contribution in [1.82, 2.24) is 19.6 Å². The van der Waals surface area contributed by atoms with Gasteiger partial charge in [-0.2, -0.15) is 0 Å². The highest BCUT2D eigenvalue weighted by Crippen LogP contribution is 2.51. The van der Waals surface area contributed by atoms with Crippen molar-refractivity contribution in [2.75, 3.05) is 6.54 Å². The molecular weight excluding hydrogens is 444 g/mol. The number of aryl methyl sites for hydroxylation is 1.